The van der Waals surface area contributed by atoms with E-state index in [9.17, 15) is 0 Å². The minimum absolute atomic E-state index is 0.739. The van der Waals surface area contributed by atoms with Crippen molar-refractivity contribution in [3.63, 3.8) is 0 Å². The molecule has 1 aromatic carbocycles. The van der Waals surface area contributed by atoms with Crippen LogP contribution in [0.3, 0.4) is 0 Å². The van der Waals surface area contributed by atoms with Gasteiger partial charge >= 0.3 is 0 Å². The molecule has 0 bridgehead atoms. The summed E-state index contributed by atoms with van der Waals surface area (Å²) in [6.07, 6.45) is 5.33. The molecule has 20 heavy (non-hydrogen) atoms. The number of piperidine rings is 1. The first-order chi connectivity index (χ1) is 9.72. The molecular weight excluding hydrogens is 270 g/mol. The van der Waals surface area contributed by atoms with E-state index in [1.807, 2.05) is 12.1 Å². The van der Waals surface area contributed by atoms with Crippen LogP contribution >= 0.6 is 11.6 Å². The largest absolute Gasteiger partial charge is 0.399 e. The fraction of sp³-hybridized carbons (Fsp3) is 0.625. The lowest BCUT2D eigenvalue weighted by Crippen LogP contribution is -2.38. The molecule has 2 aliphatic rings. The zero-order valence-electron chi connectivity index (χ0n) is 12.0. The van der Waals surface area contributed by atoms with Gasteiger partial charge in [0.05, 0.1) is 10.7 Å². The van der Waals surface area contributed by atoms with E-state index in [1.165, 1.54) is 45.3 Å². The highest BCUT2D eigenvalue weighted by Gasteiger charge is 2.23. The summed E-state index contributed by atoms with van der Waals surface area (Å²) in [6, 6.07) is 5.85. The summed E-state index contributed by atoms with van der Waals surface area (Å²) in [4.78, 5) is 5.04. The number of nitrogen functional groups attached to an aromatic ring is 1. The van der Waals surface area contributed by atoms with Crippen LogP contribution in [-0.2, 0) is 0 Å². The first-order valence-electron chi connectivity index (χ1n) is 7.75. The highest BCUT2D eigenvalue weighted by molar-refractivity contribution is 6.33. The molecule has 0 radical (unpaired) electrons. The monoisotopic (exact) mass is 293 g/mol. The Kier molecular flexibility index (Phi) is 4.37. The summed E-state index contributed by atoms with van der Waals surface area (Å²) in [5, 5.41) is 0.781. The van der Waals surface area contributed by atoms with Gasteiger partial charge in [-0.3, -0.25) is 0 Å². The second-order valence-electron chi connectivity index (χ2n) is 6.15. The molecule has 0 spiro atoms. The number of halogens is 1. The molecule has 0 saturated carbocycles. The molecular formula is C16H24ClN3. The first kappa shape index (κ1) is 14.0. The smallest absolute Gasteiger partial charge is 0.0660 e. The summed E-state index contributed by atoms with van der Waals surface area (Å²) < 4.78 is 0. The molecule has 3 nitrogen and oxygen atoms in total. The van der Waals surface area contributed by atoms with Crippen LogP contribution in [-0.4, -0.2) is 37.6 Å². The number of benzene rings is 1. The second kappa shape index (κ2) is 6.23. The molecule has 0 atom stereocenters. The summed E-state index contributed by atoms with van der Waals surface area (Å²) >= 11 is 6.31. The van der Waals surface area contributed by atoms with Crippen LogP contribution in [0.1, 0.15) is 25.7 Å². The van der Waals surface area contributed by atoms with Crippen molar-refractivity contribution >= 4 is 23.0 Å². The van der Waals surface area contributed by atoms with Crippen molar-refractivity contribution in [1.29, 1.82) is 0 Å². The minimum atomic E-state index is 0.739. The van der Waals surface area contributed by atoms with Crippen molar-refractivity contribution < 1.29 is 0 Å². The van der Waals surface area contributed by atoms with E-state index in [2.05, 4.69) is 15.9 Å². The fourth-order valence-corrected chi connectivity index (χ4v) is 3.77. The lowest BCUT2D eigenvalue weighted by molar-refractivity contribution is 0.249. The maximum Gasteiger partial charge on any atom is 0.0660 e. The standard InChI is InChI=1S/C16H24ClN3/c17-15-11-14(18)3-4-16(15)20-9-5-13(6-10-20)12-19-7-1-2-8-19/h3-4,11,13H,1-2,5-10,12,18H2. The number of hydrogen-bond acceptors (Lipinski definition) is 3. The third kappa shape index (κ3) is 3.21. The van der Waals surface area contributed by atoms with Gasteiger partial charge in [0.15, 0.2) is 0 Å². The third-order valence-electron chi connectivity index (χ3n) is 4.64. The lowest BCUT2D eigenvalue weighted by Gasteiger charge is -2.35. The van der Waals surface area contributed by atoms with Crippen LogP contribution in [0.5, 0.6) is 0 Å². The van der Waals surface area contributed by atoms with Crippen molar-refractivity contribution in [1.82, 2.24) is 4.90 Å². The number of nitrogens with zero attached hydrogens (tertiary/aromatic N) is 2. The van der Waals surface area contributed by atoms with Gasteiger partial charge in [-0.25, -0.2) is 0 Å². The maximum absolute atomic E-state index is 6.31. The molecule has 0 aromatic heterocycles. The SMILES string of the molecule is Nc1ccc(N2CCC(CN3CCCC3)CC2)c(Cl)c1. The van der Waals surface area contributed by atoms with Crippen LogP contribution in [0, 0.1) is 5.92 Å². The molecule has 0 aliphatic carbocycles. The number of hydrogen-bond donors (Lipinski definition) is 1. The third-order valence-corrected chi connectivity index (χ3v) is 4.94. The molecule has 2 saturated heterocycles. The molecule has 2 N–H and O–H groups in total. The van der Waals surface area contributed by atoms with Crippen molar-refractivity contribution in [2.45, 2.75) is 25.7 Å². The Labute approximate surface area is 126 Å². The van der Waals surface area contributed by atoms with Crippen molar-refractivity contribution in [3.8, 4) is 0 Å². The Morgan fingerprint density at radius 1 is 1.10 bits per heavy atom. The average Bonchev–Trinajstić information content (AvgIpc) is 2.93. The Balaban J connectivity index is 1.55. The zero-order chi connectivity index (χ0) is 13.9. The molecule has 3 rings (SSSR count). The minimum Gasteiger partial charge on any atom is -0.399 e. The van der Waals surface area contributed by atoms with Crippen LogP contribution in [0.15, 0.2) is 18.2 Å². The number of anilines is 2. The topological polar surface area (TPSA) is 32.5 Å². The van der Waals surface area contributed by atoms with Gasteiger partial charge in [0.2, 0.25) is 0 Å². The van der Waals surface area contributed by atoms with Crippen molar-refractivity contribution in [2.75, 3.05) is 43.4 Å². The maximum atomic E-state index is 6.31. The Bertz CT molecular complexity index is 449. The predicted molar refractivity (Wildman–Crippen MR) is 86.5 cm³/mol. The van der Waals surface area contributed by atoms with Crippen LogP contribution in [0.25, 0.3) is 0 Å². The number of likely N-dealkylation sites (tertiary alicyclic amines) is 1. The summed E-state index contributed by atoms with van der Waals surface area (Å²) in [5.74, 6) is 0.858. The quantitative estimate of drug-likeness (QED) is 0.869. The number of rotatable bonds is 3. The highest BCUT2D eigenvalue weighted by Crippen LogP contribution is 2.31. The van der Waals surface area contributed by atoms with E-state index in [0.29, 0.717) is 0 Å². The van der Waals surface area contributed by atoms with Crippen LogP contribution in [0.4, 0.5) is 11.4 Å². The van der Waals surface area contributed by atoms with Gasteiger partial charge in [-0.05, 0) is 62.9 Å². The van der Waals surface area contributed by atoms with E-state index >= 15 is 0 Å². The Morgan fingerprint density at radius 3 is 2.45 bits per heavy atom. The van der Waals surface area contributed by atoms with Gasteiger partial charge in [0, 0.05) is 25.3 Å². The molecule has 4 heteroatoms. The Hall–Kier alpha value is -0.930. The normalized spacial score (nSPS) is 21.6. The predicted octanol–water partition coefficient (Wildman–Crippen LogP) is 3.23. The van der Waals surface area contributed by atoms with Gasteiger partial charge in [0.1, 0.15) is 0 Å². The highest BCUT2D eigenvalue weighted by atomic mass is 35.5. The van der Waals surface area contributed by atoms with E-state index < -0.39 is 0 Å². The van der Waals surface area contributed by atoms with Crippen LogP contribution < -0.4 is 10.6 Å². The van der Waals surface area contributed by atoms with Crippen molar-refractivity contribution in [3.05, 3.63) is 23.2 Å². The van der Waals surface area contributed by atoms with E-state index in [4.69, 9.17) is 17.3 Å². The molecule has 0 amide bonds. The van der Waals surface area contributed by atoms with E-state index in [1.54, 1.807) is 0 Å². The van der Waals surface area contributed by atoms with Gasteiger partial charge in [-0.2, -0.15) is 0 Å². The van der Waals surface area contributed by atoms with Gasteiger partial charge in [-0.1, -0.05) is 11.6 Å². The summed E-state index contributed by atoms with van der Waals surface area (Å²) in [6.45, 7) is 6.14. The van der Waals surface area contributed by atoms with Crippen LogP contribution in [0.2, 0.25) is 5.02 Å². The second-order valence-corrected chi connectivity index (χ2v) is 6.56. The molecule has 0 unspecified atom stereocenters. The number of nitrogens with two attached hydrogens (primary N) is 1. The zero-order valence-corrected chi connectivity index (χ0v) is 12.8. The fourth-order valence-electron chi connectivity index (χ4n) is 3.47. The van der Waals surface area contributed by atoms with Gasteiger partial charge < -0.3 is 15.5 Å². The molecule has 2 aliphatic heterocycles. The molecule has 1 aromatic rings. The van der Waals surface area contributed by atoms with E-state index in [0.717, 1.165) is 35.4 Å². The summed E-state index contributed by atoms with van der Waals surface area (Å²) in [5.41, 5.74) is 7.64. The first-order valence-corrected chi connectivity index (χ1v) is 8.12. The molecule has 2 fully saturated rings. The lowest BCUT2D eigenvalue weighted by atomic mass is 9.96. The Morgan fingerprint density at radius 2 is 1.80 bits per heavy atom. The van der Waals surface area contributed by atoms with Crippen molar-refractivity contribution in [2.24, 2.45) is 5.92 Å². The molecule has 2 heterocycles. The average molecular weight is 294 g/mol. The summed E-state index contributed by atoms with van der Waals surface area (Å²) in [7, 11) is 0. The van der Waals surface area contributed by atoms with Gasteiger partial charge in [0.25, 0.3) is 0 Å². The van der Waals surface area contributed by atoms with E-state index in [-0.39, 0.29) is 0 Å². The molecule has 110 valence electrons. The van der Waals surface area contributed by atoms with Gasteiger partial charge in [-0.15, -0.1) is 0 Å².